The van der Waals surface area contributed by atoms with Crippen molar-refractivity contribution < 1.29 is 32.3 Å². The highest BCUT2D eigenvalue weighted by molar-refractivity contribution is 7.89. The Morgan fingerprint density at radius 2 is 2.00 bits per heavy atom. The first-order chi connectivity index (χ1) is 10.8. The van der Waals surface area contributed by atoms with E-state index in [1.54, 1.807) is 0 Å². The highest BCUT2D eigenvalue weighted by atomic mass is 32.2. The quantitative estimate of drug-likeness (QED) is 0.799. The summed E-state index contributed by atoms with van der Waals surface area (Å²) >= 11 is 0. The number of methoxy groups -OCH3 is 1. The Hall–Kier alpha value is -1.87. The Bertz CT molecular complexity index is 699. The van der Waals surface area contributed by atoms with Crippen LogP contribution in [-0.4, -0.2) is 50.0 Å². The summed E-state index contributed by atoms with van der Waals surface area (Å²) in [5.74, 6) is -1.39. The lowest BCUT2D eigenvalue weighted by Crippen LogP contribution is -2.38. The van der Waals surface area contributed by atoms with Crippen LogP contribution in [0.1, 0.15) is 35.4 Å². The molecule has 0 aliphatic carbocycles. The number of carboxylic acids is 1. The number of furan rings is 1. The van der Waals surface area contributed by atoms with Gasteiger partial charge in [-0.3, -0.25) is 4.79 Å². The van der Waals surface area contributed by atoms with Crippen LogP contribution in [0.3, 0.4) is 0 Å². The summed E-state index contributed by atoms with van der Waals surface area (Å²) in [5.41, 5.74) is 0.0758. The van der Waals surface area contributed by atoms with Crippen LogP contribution in [0.15, 0.2) is 15.6 Å². The fourth-order valence-electron chi connectivity index (χ4n) is 2.62. The van der Waals surface area contributed by atoms with Crippen molar-refractivity contribution in [1.82, 2.24) is 4.31 Å². The average Bonchev–Trinajstić information content (AvgIpc) is 2.89. The molecule has 0 atom stereocenters. The second-order valence-electron chi connectivity index (χ2n) is 5.47. The third-order valence-electron chi connectivity index (χ3n) is 3.93. The minimum atomic E-state index is -3.85. The van der Waals surface area contributed by atoms with Gasteiger partial charge in [0.2, 0.25) is 5.09 Å². The van der Waals surface area contributed by atoms with Gasteiger partial charge >= 0.3 is 11.9 Å². The number of carboxylic acid groups (broad SMARTS) is 1. The van der Waals surface area contributed by atoms with Gasteiger partial charge in [-0.25, -0.2) is 13.2 Å². The van der Waals surface area contributed by atoms with Crippen LogP contribution in [-0.2, 0) is 19.6 Å². The third-order valence-corrected chi connectivity index (χ3v) is 5.69. The molecular weight excluding hydrogens is 326 g/mol. The first kappa shape index (κ1) is 17.5. The molecule has 1 aromatic heterocycles. The molecule has 0 aromatic carbocycles. The number of carbonyl (C=O) groups is 2. The molecule has 1 fully saturated rings. The summed E-state index contributed by atoms with van der Waals surface area (Å²) in [7, 11) is -2.64. The Morgan fingerprint density at radius 3 is 2.52 bits per heavy atom. The molecule has 1 aromatic rings. The minimum absolute atomic E-state index is 0.0251. The molecule has 0 amide bonds. The molecule has 2 heterocycles. The number of aliphatic carboxylic acids is 1. The van der Waals surface area contributed by atoms with Crippen molar-refractivity contribution in [1.29, 1.82) is 0 Å². The number of ether oxygens (including phenoxy) is 1. The third kappa shape index (κ3) is 3.73. The molecule has 2 rings (SSSR count). The maximum Gasteiger partial charge on any atom is 0.341 e. The summed E-state index contributed by atoms with van der Waals surface area (Å²) in [6.45, 7) is 1.95. The van der Waals surface area contributed by atoms with E-state index in [-0.39, 0.29) is 41.8 Å². The summed E-state index contributed by atoms with van der Waals surface area (Å²) in [6, 6.07) is 1.17. The molecule has 0 bridgehead atoms. The van der Waals surface area contributed by atoms with Gasteiger partial charge in [0.1, 0.15) is 11.3 Å². The smallest absolute Gasteiger partial charge is 0.341 e. The number of sulfonamides is 1. The number of esters is 1. The fourth-order valence-corrected chi connectivity index (χ4v) is 4.07. The van der Waals surface area contributed by atoms with Crippen LogP contribution in [0.5, 0.6) is 0 Å². The van der Waals surface area contributed by atoms with E-state index in [9.17, 15) is 18.0 Å². The van der Waals surface area contributed by atoms with Crippen LogP contribution in [0.4, 0.5) is 0 Å². The zero-order valence-electron chi connectivity index (χ0n) is 12.9. The molecular formula is C14H19NO7S. The van der Waals surface area contributed by atoms with Crippen LogP contribution in [0, 0.1) is 12.8 Å². The maximum absolute atomic E-state index is 12.6. The first-order valence-corrected chi connectivity index (χ1v) is 8.60. The SMILES string of the molecule is COC(=O)c1cc(S(=O)(=O)N2CCC(CC(=O)O)CC2)oc1C. The second-order valence-corrected chi connectivity index (χ2v) is 7.34. The van der Waals surface area contributed by atoms with Gasteiger partial charge in [-0.2, -0.15) is 4.31 Å². The number of hydrogen-bond donors (Lipinski definition) is 1. The number of rotatable bonds is 5. The van der Waals surface area contributed by atoms with Crippen LogP contribution in [0.25, 0.3) is 0 Å². The van der Waals surface area contributed by atoms with Gasteiger partial charge in [-0.15, -0.1) is 0 Å². The van der Waals surface area contributed by atoms with Gasteiger partial charge in [0.25, 0.3) is 10.0 Å². The van der Waals surface area contributed by atoms with E-state index in [4.69, 9.17) is 9.52 Å². The zero-order chi connectivity index (χ0) is 17.2. The van der Waals surface area contributed by atoms with Crippen molar-refractivity contribution in [2.24, 2.45) is 5.92 Å². The van der Waals surface area contributed by atoms with E-state index < -0.39 is 22.0 Å². The number of nitrogens with zero attached hydrogens (tertiary/aromatic N) is 1. The fraction of sp³-hybridized carbons (Fsp3) is 0.571. The number of hydrogen-bond acceptors (Lipinski definition) is 6. The van der Waals surface area contributed by atoms with Gasteiger partial charge in [-0.1, -0.05) is 0 Å². The van der Waals surface area contributed by atoms with Gasteiger partial charge < -0.3 is 14.3 Å². The molecule has 0 saturated carbocycles. The Morgan fingerprint density at radius 1 is 1.39 bits per heavy atom. The topological polar surface area (TPSA) is 114 Å². The van der Waals surface area contributed by atoms with Crippen LogP contribution < -0.4 is 0 Å². The monoisotopic (exact) mass is 345 g/mol. The summed E-state index contributed by atoms with van der Waals surface area (Å²) < 4.78 is 36.2. The van der Waals surface area contributed by atoms with Crippen molar-refractivity contribution in [2.75, 3.05) is 20.2 Å². The predicted molar refractivity (Wildman–Crippen MR) is 78.5 cm³/mol. The average molecular weight is 345 g/mol. The number of aryl methyl sites for hydroxylation is 1. The predicted octanol–water partition coefficient (Wildman–Crippen LogP) is 1.25. The summed E-state index contributed by atoms with van der Waals surface area (Å²) in [6.07, 6.45) is 1.00. The molecule has 0 unspecified atom stereocenters. The van der Waals surface area contributed by atoms with E-state index in [1.807, 2.05) is 0 Å². The van der Waals surface area contributed by atoms with Gasteiger partial charge in [-0.05, 0) is 25.7 Å². The van der Waals surface area contributed by atoms with Crippen molar-refractivity contribution in [3.8, 4) is 0 Å². The molecule has 8 nitrogen and oxygen atoms in total. The van der Waals surface area contributed by atoms with Crippen molar-refractivity contribution in [3.05, 3.63) is 17.4 Å². The Labute approximate surface area is 134 Å². The molecule has 1 saturated heterocycles. The van der Waals surface area contributed by atoms with Gasteiger partial charge in [0, 0.05) is 25.6 Å². The lowest BCUT2D eigenvalue weighted by atomic mass is 9.95. The lowest BCUT2D eigenvalue weighted by molar-refractivity contribution is -0.138. The molecule has 128 valence electrons. The van der Waals surface area contributed by atoms with Crippen LogP contribution in [0.2, 0.25) is 0 Å². The second kappa shape index (κ2) is 6.71. The largest absolute Gasteiger partial charge is 0.481 e. The molecule has 9 heteroatoms. The van der Waals surface area contributed by atoms with Crippen LogP contribution >= 0.6 is 0 Å². The van der Waals surface area contributed by atoms with E-state index in [0.29, 0.717) is 12.8 Å². The van der Waals surface area contributed by atoms with E-state index in [1.165, 1.54) is 24.4 Å². The minimum Gasteiger partial charge on any atom is -0.481 e. The highest BCUT2D eigenvalue weighted by Crippen LogP contribution is 2.28. The van der Waals surface area contributed by atoms with Gasteiger partial charge in [0.05, 0.1) is 7.11 Å². The van der Waals surface area contributed by atoms with Gasteiger partial charge in [0.15, 0.2) is 0 Å². The van der Waals surface area contributed by atoms with E-state index in [2.05, 4.69) is 4.74 Å². The molecule has 0 radical (unpaired) electrons. The molecule has 0 spiro atoms. The Kier molecular flexibility index (Phi) is 5.10. The van der Waals surface area contributed by atoms with Crippen molar-refractivity contribution in [3.63, 3.8) is 0 Å². The molecule has 1 N–H and O–H groups in total. The Balaban J connectivity index is 2.14. The van der Waals surface area contributed by atoms with Crippen molar-refractivity contribution >= 4 is 22.0 Å². The molecule has 1 aliphatic rings. The summed E-state index contributed by atoms with van der Waals surface area (Å²) in [5, 5.41) is 8.49. The van der Waals surface area contributed by atoms with Crippen molar-refractivity contribution in [2.45, 2.75) is 31.3 Å². The molecule has 23 heavy (non-hydrogen) atoms. The first-order valence-electron chi connectivity index (χ1n) is 7.16. The molecule has 1 aliphatic heterocycles. The standard InChI is InChI=1S/C14H19NO7S/c1-9-11(14(18)21-2)8-13(22-9)23(19,20)15-5-3-10(4-6-15)7-12(16)17/h8,10H,3-7H2,1-2H3,(H,16,17). The summed E-state index contributed by atoms with van der Waals surface area (Å²) in [4.78, 5) is 22.3. The van der Waals surface area contributed by atoms with E-state index in [0.717, 1.165) is 0 Å². The highest BCUT2D eigenvalue weighted by Gasteiger charge is 2.33. The number of carbonyl (C=O) groups excluding carboxylic acids is 1. The normalized spacial score (nSPS) is 17.1. The maximum atomic E-state index is 12.6. The lowest BCUT2D eigenvalue weighted by Gasteiger charge is -2.29. The van der Waals surface area contributed by atoms with E-state index >= 15 is 0 Å². The zero-order valence-corrected chi connectivity index (χ0v) is 13.8. The number of piperidine rings is 1.